The van der Waals surface area contributed by atoms with Crippen molar-refractivity contribution in [2.75, 3.05) is 64.6 Å². The summed E-state index contributed by atoms with van der Waals surface area (Å²) in [5, 5.41) is 0. The molecule has 0 aromatic heterocycles. The average Bonchev–Trinajstić information content (AvgIpc) is 3.27. The first-order valence-corrected chi connectivity index (χ1v) is 12.4. The number of methoxy groups -OCH3 is 1. The molecule has 0 bridgehead atoms. The monoisotopic (exact) mass is 530 g/mol. The number of anilines is 1. The smallest absolute Gasteiger partial charge is 0.251 e. The lowest BCUT2D eigenvalue weighted by Crippen LogP contribution is -2.38. The fourth-order valence-electron chi connectivity index (χ4n) is 4.19. The van der Waals surface area contributed by atoms with Gasteiger partial charge in [0.25, 0.3) is 5.91 Å². The molecule has 182 valence electrons. The van der Waals surface area contributed by atoms with Gasteiger partial charge in [-0.15, -0.1) is 0 Å². The molecule has 2 aliphatic heterocycles. The van der Waals surface area contributed by atoms with Gasteiger partial charge >= 0.3 is 0 Å². The van der Waals surface area contributed by atoms with E-state index in [1.54, 1.807) is 24.2 Å². The Labute approximate surface area is 209 Å². The van der Waals surface area contributed by atoms with E-state index in [2.05, 4.69) is 20.8 Å². The fourth-order valence-corrected chi connectivity index (χ4v) is 4.57. The maximum atomic E-state index is 13.1. The van der Waals surface area contributed by atoms with Crippen LogP contribution in [0.25, 0.3) is 6.08 Å². The number of morpholine rings is 1. The summed E-state index contributed by atoms with van der Waals surface area (Å²) in [5.41, 5.74) is 2.80. The molecule has 2 aliphatic rings. The Morgan fingerprint density at radius 2 is 1.91 bits per heavy atom. The molecule has 0 saturated carbocycles. The highest BCUT2D eigenvalue weighted by Crippen LogP contribution is 2.39. The summed E-state index contributed by atoms with van der Waals surface area (Å²) in [6.45, 7) is 7.86. The Hall–Kier alpha value is -2.55. The SMILES string of the molecule is CCOc1ccc(Br)cc1/C=C/C(=O)N1CCc2cc(OC)c(OCCN3CCOCC3)cc21. The van der Waals surface area contributed by atoms with Gasteiger partial charge < -0.3 is 23.8 Å². The van der Waals surface area contributed by atoms with Crippen LogP contribution >= 0.6 is 15.9 Å². The highest BCUT2D eigenvalue weighted by Gasteiger charge is 2.26. The Morgan fingerprint density at radius 3 is 2.68 bits per heavy atom. The number of nitrogens with zero attached hydrogens (tertiary/aromatic N) is 2. The van der Waals surface area contributed by atoms with Crippen molar-refractivity contribution < 1.29 is 23.7 Å². The van der Waals surface area contributed by atoms with Gasteiger partial charge in [0, 0.05) is 48.4 Å². The summed E-state index contributed by atoms with van der Waals surface area (Å²) in [7, 11) is 1.64. The molecule has 0 radical (unpaired) electrons. The van der Waals surface area contributed by atoms with Crippen LogP contribution < -0.4 is 19.1 Å². The predicted molar refractivity (Wildman–Crippen MR) is 136 cm³/mol. The lowest BCUT2D eigenvalue weighted by Gasteiger charge is -2.26. The molecule has 2 aromatic rings. The fraction of sp³-hybridized carbons (Fsp3) is 0.423. The van der Waals surface area contributed by atoms with Crippen molar-refractivity contribution in [2.24, 2.45) is 0 Å². The Morgan fingerprint density at radius 1 is 1.09 bits per heavy atom. The molecule has 0 atom stereocenters. The second-order valence-corrected chi connectivity index (χ2v) is 9.04. The van der Waals surface area contributed by atoms with Crippen molar-refractivity contribution in [3.8, 4) is 17.2 Å². The van der Waals surface area contributed by atoms with Gasteiger partial charge in [-0.1, -0.05) is 15.9 Å². The molecule has 1 saturated heterocycles. The maximum Gasteiger partial charge on any atom is 0.251 e. The quantitative estimate of drug-likeness (QED) is 0.453. The Kier molecular flexibility index (Phi) is 8.48. The van der Waals surface area contributed by atoms with E-state index in [4.69, 9.17) is 18.9 Å². The first-order chi connectivity index (χ1) is 16.6. The van der Waals surface area contributed by atoms with Crippen LogP contribution in [0.4, 0.5) is 5.69 Å². The molecule has 0 spiro atoms. The van der Waals surface area contributed by atoms with Gasteiger partial charge in [0.05, 0.1) is 32.6 Å². The molecule has 8 heteroatoms. The molecule has 4 rings (SSSR count). The molecule has 34 heavy (non-hydrogen) atoms. The molecule has 0 aliphatic carbocycles. The standard InChI is InChI=1S/C26H31BrN2O5/c1-3-33-23-6-5-21(27)16-20(23)4-7-26(30)29-9-8-19-17-24(31-2)25(18-22(19)29)34-15-12-28-10-13-32-14-11-28/h4-7,16-18H,3,8-15H2,1-2H3/b7-4+. The van der Waals surface area contributed by atoms with Gasteiger partial charge in [-0.3, -0.25) is 9.69 Å². The summed E-state index contributed by atoms with van der Waals surface area (Å²) < 4.78 is 23.7. The number of benzene rings is 2. The highest BCUT2D eigenvalue weighted by atomic mass is 79.9. The van der Waals surface area contributed by atoms with Crippen molar-refractivity contribution in [3.63, 3.8) is 0 Å². The van der Waals surface area contributed by atoms with Crippen LogP contribution in [0.1, 0.15) is 18.1 Å². The first kappa shape index (κ1) is 24.6. The second kappa shape index (κ2) is 11.7. The number of carbonyl (C=O) groups is 1. The van der Waals surface area contributed by atoms with Crippen molar-refractivity contribution >= 4 is 33.6 Å². The number of rotatable bonds is 9. The molecule has 0 N–H and O–H groups in total. The normalized spacial score (nSPS) is 16.0. The number of fused-ring (bicyclic) bond motifs is 1. The predicted octanol–water partition coefficient (Wildman–Crippen LogP) is 4.17. The van der Waals surface area contributed by atoms with Crippen LogP contribution in [-0.2, 0) is 16.0 Å². The van der Waals surface area contributed by atoms with Crippen LogP contribution in [0, 0.1) is 0 Å². The number of ether oxygens (including phenoxy) is 4. The molecule has 7 nitrogen and oxygen atoms in total. The van der Waals surface area contributed by atoms with Gasteiger partial charge in [-0.05, 0) is 49.2 Å². The lowest BCUT2D eigenvalue weighted by atomic mass is 10.1. The third kappa shape index (κ3) is 5.92. The summed E-state index contributed by atoms with van der Waals surface area (Å²) in [4.78, 5) is 17.2. The van der Waals surface area contributed by atoms with E-state index in [9.17, 15) is 4.79 Å². The Bertz CT molecular complexity index is 1040. The van der Waals surface area contributed by atoms with Gasteiger partial charge in [-0.25, -0.2) is 0 Å². The summed E-state index contributed by atoms with van der Waals surface area (Å²) in [6, 6.07) is 9.68. The van der Waals surface area contributed by atoms with Gasteiger partial charge in [0.15, 0.2) is 11.5 Å². The minimum absolute atomic E-state index is 0.0781. The summed E-state index contributed by atoms with van der Waals surface area (Å²) >= 11 is 3.49. The zero-order valence-electron chi connectivity index (χ0n) is 19.7. The third-order valence-electron chi connectivity index (χ3n) is 5.97. The molecule has 1 amide bonds. The number of hydrogen-bond acceptors (Lipinski definition) is 6. The highest BCUT2D eigenvalue weighted by molar-refractivity contribution is 9.10. The molecule has 2 aromatic carbocycles. The second-order valence-electron chi connectivity index (χ2n) is 8.12. The van der Waals surface area contributed by atoms with Crippen molar-refractivity contribution in [2.45, 2.75) is 13.3 Å². The number of amides is 1. The van der Waals surface area contributed by atoms with Crippen LogP contribution in [0.5, 0.6) is 17.2 Å². The minimum Gasteiger partial charge on any atom is -0.493 e. The van der Waals surface area contributed by atoms with E-state index in [1.807, 2.05) is 37.3 Å². The van der Waals surface area contributed by atoms with E-state index in [1.165, 1.54) is 0 Å². The first-order valence-electron chi connectivity index (χ1n) is 11.6. The van der Waals surface area contributed by atoms with Gasteiger partial charge in [0.1, 0.15) is 12.4 Å². The average molecular weight is 531 g/mol. The summed E-state index contributed by atoms with van der Waals surface area (Å²) in [5.74, 6) is 2.02. The number of carbonyl (C=O) groups excluding carboxylic acids is 1. The van der Waals surface area contributed by atoms with Gasteiger partial charge in [-0.2, -0.15) is 0 Å². The molecule has 1 fully saturated rings. The van der Waals surface area contributed by atoms with Crippen LogP contribution in [0.15, 0.2) is 40.9 Å². The van der Waals surface area contributed by atoms with E-state index in [0.717, 1.165) is 66.3 Å². The van der Waals surface area contributed by atoms with E-state index in [0.29, 0.717) is 31.3 Å². The third-order valence-corrected chi connectivity index (χ3v) is 6.47. The maximum absolute atomic E-state index is 13.1. The molecule has 2 heterocycles. The molecular formula is C26H31BrN2O5. The van der Waals surface area contributed by atoms with Crippen molar-refractivity contribution in [1.29, 1.82) is 0 Å². The van der Waals surface area contributed by atoms with E-state index < -0.39 is 0 Å². The lowest BCUT2D eigenvalue weighted by molar-refractivity contribution is -0.114. The van der Waals surface area contributed by atoms with Crippen LogP contribution in [-0.4, -0.2) is 70.5 Å². The zero-order chi connectivity index (χ0) is 23.9. The molecular weight excluding hydrogens is 500 g/mol. The van der Waals surface area contributed by atoms with Crippen molar-refractivity contribution in [1.82, 2.24) is 4.90 Å². The van der Waals surface area contributed by atoms with Crippen LogP contribution in [0.2, 0.25) is 0 Å². The minimum atomic E-state index is -0.0781. The molecule has 0 unspecified atom stereocenters. The summed E-state index contributed by atoms with van der Waals surface area (Å²) in [6.07, 6.45) is 4.18. The van der Waals surface area contributed by atoms with Crippen molar-refractivity contribution in [3.05, 3.63) is 52.0 Å². The Balaban J connectivity index is 1.47. The zero-order valence-corrected chi connectivity index (χ0v) is 21.3. The topological polar surface area (TPSA) is 60.5 Å². The van der Waals surface area contributed by atoms with E-state index >= 15 is 0 Å². The number of hydrogen-bond donors (Lipinski definition) is 0. The number of halogens is 1. The van der Waals surface area contributed by atoms with Gasteiger partial charge in [0.2, 0.25) is 0 Å². The van der Waals surface area contributed by atoms with E-state index in [-0.39, 0.29) is 5.91 Å². The van der Waals surface area contributed by atoms with Crippen LogP contribution in [0.3, 0.4) is 0 Å². The largest absolute Gasteiger partial charge is 0.493 e.